The van der Waals surface area contributed by atoms with E-state index in [1.54, 1.807) is 30.3 Å². The number of halogens is 3. The molecule has 0 fully saturated rings. The molecule has 0 radical (unpaired) electrons. The number of hydrogen-bond acceptors (Lipinski definition) is 2. The summed E-state index contributed by atoms with van der Waals surface area (Å²) in [7, 11) is 0. The third-order valence-corrected chi connectivity index (χ3v) is 3.83. The van der Waals surface area contributed by atoms with Gasteiger partial charge in [0.2, 0.25) is 0 Å². The number of rotatable bonds is 4. The number of ether oxygens (including phenoxy) is 1. The zero-order valence-corrected chi connectivity index (χ0v) is 12.9. The van der Waals surface area contributed by atoms with Crippen LogP contribution < -0.4 is 4.74 Å². The van der Waals surface area contributed by atoms with E-state index in [4.69, 9.17) is 39.5 Å². The summed E-state index contributed by atoms with van der Waals surface area (Å²) in [5.74, 6) is 0.359. The minimum atomic E-state index is -0.111. The minimum absolute atomic E-state index is 0.111. The minimum Gasteiger partial charge on any atom is -0.488 e. The van der Waals surface area contributed by atoms with Crippen molar-refractivity contribution in [3.8, 4) is 5.75 Å². The van der Waals surface area contributed by atoms with Gasteiger partial charge in [0, 0.05) is 10.6 Å². The molecular formula is C15H11Cl3O2. The smallest absolute Gasteiger partial charge is 0.163 e. The Hall–Kier alpha value is -1.22. The number of ketones is 1. The summed E-state index contributed by atoms with van der Waals surface area (Å²) < 4.78 is 5.65. The van der Waals surface area contributed by atoms with Gasteiger partial charge in [-0.3, -0.25) is 4.79 Å². The molecule has 0 spiro atoms. The molecule has 2 aromatic rings. The first-order valence-corrected chi connectivity index (χ1v) is 6.98. The predicted octanol–water partition coefficient (Wildman–Crippen LogP) is 5.43. The Morgan fingerprint density at radius 3 is 2.60 bits per heavy atom. The third-order valence-electron chi connectivity index (χ3n) is 2.74. The number of Topliss-reactive ketones (excluding diaryl/α,β-unsaturated/α-hetero) is 1. The Morgan fingerprint density at radius 1 is 1.15 bits per heavy atom. The first-order valence-electron chi connectivity index (χ1n) is 5.85. The molecule has 0 aliphatic heterocycles. The van der Waals surface area contributed by atoms with E-state index in [1.165, 1.54) is 6.92 Å². The average molecular weight is 330 g/mol. The Bertz CT molecular complexity index is 654. The fourth-order valence-electron chi connectivity index (χ4n) is 1.72. The molecule has 0 saturated heterocycles. The summed E-state index contributed by atoms with van der Waals surface area (Å²) in [6.45, 7) is 1.69. The Balaban J connectivity index is 2.23. The van der Waals surface area contributed by atoms with Gasteiger partial charge in [0.15, 0.2) is 5.78 Å². The van der Waals surface area contributed by atoms with Crippen molar-refractivity contribution in [2.75, 3.05) is 0 Å². The molecule has 0 heterocycles. The normalized spacial score (nSPS) is 10.4. The zero-order chi connectivity index (χ0) is 14.7. The maximum absolute atomic E-state index is 11.6. The highest BCUT2D eigenvalue weighted by molar-refractivity contribution is 6.42. The van der Waals surface area contributed by atoms with Crippen LogP contribution in [0.5, 0.6) is 5.75 Å². The van der Waals surface area contributed by atoms with E-state index < -0.39 is 0 Å². The molecule has 0 amide bonds. The molecule has 20 heavy (non-hydrogen) atoms. The maximum Gasteiger partial charge on any atom is 0.163 e. The van der Waals surface area contributed by atoms with Crippen molar-refractivity contribution >= 4 is 40.6 Å². The highest BCUT2D eigenvalue weighted by atomic mass is 35.5. The van der Waals surface area contributed by atoms with Gasteiger partial charge in [0.1, 0.15) is 12.4 Å². The number of carbonyl (C=O) groups excluding carboxylic acids is 1. The van der Waals surface area contributed by atoms with Crippen LogP contribution in [0, 0.1) is 0 Å². The summed E-state index contributed by atoms with van der Waals surface area (Å²) in [6.07, 6.45) is 0. The van der Waals surface area contributed by atoms with Gasteiger partial charge in [-0.2, -0.15) is 0 Å². The van der Waals surface area contributed by atoms with Crippen LogP contribution in [0.3, 0.4) is 0 Å². The molecule has 0 atom stereocenters. The van der Waals surface area contributed by atoms with Crippen molar-refractivity contribution in [1.29, 1.82) is 0 Å². The van der Waals surface area contributed by atoms with Gasteiger partial charge >= 0.3 is 0 Å². The van der Waals surface area contributed by atoms with Crippen LogP contribution in [-0.2, 0) is 6.61 Å². The fraction of sp³-hybridized carbons (Fsp3) is 0.133. The first kappa shape index (κ1) is 15.2. The predicted molar refractivity (Wildman–Crippen MR) is 82.3 cm³/mol. The molecule has 0 bridgehead atoms. The van der Waals surface area contributed by atoms with E-state index >= 15 is 0 Å². The monoisotopic (exact) mass is 328 g/mol. The lowest BCUT2D eigenvalue weighted by Crippen LogP contribution is -2.02. The van der Waals surface area contributed by atoms with E-state index in [-0.39, 0.29) is 12.4 Å². The number of carbonyl (C=O) groups is 1. The van der Waals surface area contributed by atoms with Crippen molar-refractivity contribution in [2.24, 2.45) is 0 Å². The molecule has 5 heteroatoms. The molecule has 2 nitrogen and oxygen atoms in total. The molecule has 2 aromatic carbocycles. The molecule has 0 unspecified atom stereocenters. The number of hydrogen-bond donors (Lipinski definition) is 0. The van der Waals surface area contributed by atoms with Gasteiger partial charge < -0.3 is 4.74 Å². The van der Waals surface area contributed by atoms with Crippen LogP contribution in [0.1, 0.15) is 22.8 Å². The lowest BCUT2D eigenvalue weighted by atomic mass is 10.1. The van der Waals surface area contributed by atoms with Gasteiger partial charge in [-0.25, -0.2) is 0 Å². The highest BCUT2D eigenvalue weighted by Gasteiger charge is 2.11. The van der Waals surface area contributed by atoms with Crippen LogP contribution in [0.2, 0.25) is 15.1 Å². The summed E-state index contributed by atoms with van der Waals surface area (Å²) >= 11 is 17.9. The van der Waals surface area contributed by atoms with Crippen molar-refractivity contribution in [3.63, 3.8) is 0 Å². The Labute approximate surface area is 132 Å². The van der Waals surface area contributed by atoms with Crippen LogP contribution in [0.15, 0.2) is 36.4 Å². The summed E-state index contributed by atoms with van der Waals surface area (Å²) in [5.41, 5.74) is 1.19. The molecule has 2 rings (SSSR count). The van der Waals surface area contributed by atoms with Gasteiger partial charge in [-0.15, -0.1) is 0 Å². The van der Waals surface area contributed by atoms with Crippen LogP contribution >= 0.6 is 34.8 Å². The fourth-order valence-corrected chi connectivity index (χ4v) is 2.27. The number of benzene rings is 2. The van der Waals surface area contributed by atoms with E-state index in [2.05, 4.69) is 0 Å². The molecule has 0 aromatic heterocycles. The molecule has 0 saturated carbocycles. The standard InChI is InChI=1S/C15H11Cl3O2/c1-9(19)12-7-11(16)5-6-14(12)20-8-10-3-2-4-13(17)15(10)18/h2-7H,8H2,1H3. The van der Waals surface area contributed by atoms with Gasteiger partial charge in [0.05, 0.1) is 15.6 Å². The molecule has 104 valence electrons. The average Bonchev–Trinajstić information content (AvgIpc) is 2.41. The van der Waals surface area contributed by atoms with Crippen LogP contribution in [-0.4, -0.2) is 5.78 Å². The SMILES string of the molecule is CC(=O)c1cc(Cl)ccc1OCc1cccc(Cl)c1Cl. The molecule has 0 N–H and O–H groups in total. The van der Waals surface area contributed by atoms with E-state index in [0.717, 1.165) is 5.56 Å². The quantitative estimate of drug-likeness (QED) is 0.699. The second-order valence-corrected chi connectivity index (χ2v) is 5.42. The van der Waals surface area contributed by atoms with E-state index in [1.807, 2.05) is 6.07 Å². The van der Waals surface area contributed by atoms with Crippen molar-refractivity contribution in [1.82, 2.24) is 0 Å². The van der Waals surface area contributed by atoms with Crippen LogP contribution in [0.4, 0.5) is 0 Å². The van der Waals surface area contributed by atoms with E-state index in [9.17, 15) is 4.79 Å². The van der Waals surface area contributed by atoms with Crippen molar-refractivity contribution in [3.05, 3.63) is 62.6 Å². The topological polar surface area (TPSA) is 26.3 Å². The maximum atomic E-state index is 11.6. The molecular weight excluding hydrogens is 319 g/mol. The Kier molecular flexibility index (Phi) is 4.92. The van der Waals surface area contributed by atoms with Crippen LogP contribution in [0.25, 0.3) is 0 Å². The second-order valence-electron chi connectivity index (χ2n) is 4.20. The second kappa shape index (κ2) is 6.49. The van der Waals surface area contributed by atoms with Crippen molar-refractivity contribution in [2.45, 2.75) is 13.5 Å². The third kappa shape index (κ3) is 3.45. The van der Waals surface area contributed by atoms with Gasteiger partial charge in [-0.1, -0.05) is 46.9 Å². The summed E-state index contributed by atoms with van der Waals surface area (Å²) in [6, 6.07) is 10.2. The molecule has 0 aliphatic rings. The molecule has 0 aliphatic carbocycles. The highest BCUT2D eigenvalue weighted by Crippen LogP contribution is 2.28. The largest absolute Gasteiger partial charge is 0.488 e. The summed E-state index contributed by atoms with van der Waals surface area (Å²) in [4.78, 5) is 11.6. The first-order chi connectivity index (χ1) is 9.49. The van der Waals surface area contributed by atoms with Gasteiger partial charge in [0.25, 0.3) is 0 Å². The summed E-state index contributed by atoms with van der Waals surface area (Å²) in [5, 5.41) is 1.41. The Morgan fingerprint density at radius 2 is 1.90 bits per heavy atom. The van der Waals surface area contributed by atoms with Crippen molar-refractivity contribution < 1.29 is 9.53 Å². The van der Waals surface area contributed by atoms with E-state index in [0.29, 0.717) is 26.4 Å². The van der Waals surface area contributed by atoms with Gasteiger partial charge in [-0.05, 0) is 31.2 Å². The zero-order valence-electron chi connectivity index (χ0n) is 10.6. The lowest BCUT2D eigenvalue weighted by molar-refractivity contribution is 0.101. The lowest BCUT2D eigenvalue weighted by Gasteiger charge is -2.11.